The van der Waals surface area contributed by atoms with E-state index in [0.29, 0.717) is 5.02 Å². The second-order valence-corrected chi connectivity index (χ2v) is 7.37. The molecule has 0 unspecified atom stereocenters. The monoisotopic (exact) mass is 370 g/mol. The average Bonchev–Trinajstić information content (AvgIpc) is 2.56. The molecule has 0 saturated heterocycles. The number of carbonyl (C=O) groups excluding carboxylic acids is 1. The van der Waals surface area contributed by atoms with Crippen LogP contribution in [0.4, 0.5) is 4.39 Å². The predicted molar refractivity (Wildman–Crippen MR) is 89.5 cm³/mol. The van der Waals surface area contributed by atoms with Crippen molar-refractivity contribution in [1.29, 1.82) is 0 Å². The number of nitrogens with zero attached hydrogens (tertiary/aromatic N) is 1. The van der Waals surface area contributed by atoms with E-state index in [1.54, 1.807) is 6.07 Å². The lowest BCUT2D eigenvalue weighted by molar-refractivity contribution is -0.120. The van der Waals surface area contributed by atoms with Gasteiger partial charge in [0.15, 0.2) is 0 Å². The predicted octanol–water partition coefficient (Wildman–Crippen LogP) is 2.42. The summed E-state index contributed by atoms with van der Waals surface area (Å²) >= 11 is 5.78. The van der Waals surface area contributed by atoms with Crippen molar-refractivity contribution < 1.29 is 17.6 Å². The molecule has 2 aromatic carbocycles. The molecule has 0 radical (unpaired) electrons. The van der Waals surface area contributed by atoms with Crippen molar-refractivity contribution >= 4 is 27.5 Å². The van der Waals surface area contributed by atoms with Crippen molar-refractivity contribution in [2.24, 2.45) is 0 Å². The fourth-order valence-corrected chi connectivity index (χ4v) is 3.54. The minimum atomic E-state index is -3.99. The molecule has 1 N–H and O–H groups in total. The first kappa shape index (κ1) is 18.4. The van der Waals surface area contributed by atoms with Crippen molar-refractivity contribution in [2.75, 3.05) is 13.6 Å². The third kappa shape index (κ3) is 4.31. The van der Waals surface area contributed by atoms with Crippen LogP contribution in [0.3, 0.4) is 0 Å². The van der Waals surface area contributed by atoms with Gasteiger partial charge in [-0.05, 0) is 30.3 Å². The Morgan fingerprint density at radius 3 is 2.38 bits per heavy atom. The summed E-state index contributed by atoms with van der Waals surface area (Å²) in [7, 11) is -2.59. The summed E-state index contributed by atoms with van der Waals surface area (Å²) in [5, 5.41) is 2.76. The normalized spacial score (nSPS) is 11.5. The molecule has 0 aliphatic carbocycles. The van der Waals surface area contributed by atoms with Gasteiger partial charge in [-0.3, -0.25) is 4.79 Å². The molecule has 24 heavy (non-hydrogen) atoms. The van der Waals surface area contributed by atoms with Gasteiger partial charge in [0, 0.05) is 24.2 Å². The molecule has 2 rings (SSSR count). The van der Waals surface area contributed by atoms with E-state index in [-0.39, 0.29) is 17.0 Å². The summed E-state index contributed by atoms with van der Waals surface area (Å²) in [6, 6.07) is 11.4. The lowest BCUT2D eigenvalue weighted by Crippen LogP contribution is -2.39. The van der Waals surface area contributed by atoms with Crippen LogP contribution >= 0.6 is 11.6 Å². The van der Waals surface area contributed by atoms with Gasteiger partial charge in [-0.2, -0.15) is 4.31 Å². The fourth-order valence-electron chi connectivity index (χ4n) is 2.04. The molecule has 0 heterocycles. The highest BCUT2D eigenvalue weighted by molar-refractivity contribution is 7.89. The van der Waals surface area contributed by atoms with Crippen LogP contribution < -0.4 is 5.32 Å². The number of sulfonamides is 1. The number of hydrogen-bond acceptors (Lipinski definition) is 3. The maximum Gasteiger partial charge on any atom is 0.243 e. The zero-order chi connectivity index (χ0) is 17.7. The maximum absolute atomic E-state index is 13.9. The van der Waals surface area contributed by atoms with Crippen LogP contribution in [0, 0.1) is 5.82 Å². The molecule has 0 aliphatic heterocycles. The van der Waals surface area contributed by atoms with E-state index in [4.69, 9.17) is 11.6 Å². The van der Waals surface area contributed by atoms with Crippen LogP contribution in [0.5, 0.6) is 0 Å². The van der Waals surface area contributed by atoms with Gasteiger partial charge < -0.3 is 5.32 Å². The smallest absolute Gasteiger partial charge is 0.243 e. The third-order valence-corrected chi connectivity index (χ3v) is 5.41. The number of amides is 1. The lowest BCUT2D eigenvalue weighted by atomic mass is 10.2. The molecule has 2 aromatic rings. The minimum Gasteiger partial charge on any atom is -0.358 e. The Morgan fingerprint density at radius 1 is 1.17 bits per heavy atom. The molecule has 5 nitrogen and oxygen atoms in total. The standard InChI is InChI=1S/C16H16ClFN2O3S/c1-19-16(21)11-20(10-12-4-2-3-5-15(12)18)24(22,23)14-8-6-13(17)7-9-14/h2-9H,10-11H2,1H3,(H,19,21). The van der Waals surface area contributed by atoms with E-state index in [1.165, 1.54) is 49.5 Å². The second kappa shape index (κ2) is 7.74. The number of likely N-dealkylation sites (N-methyl/N-ethyl adjacent to an activating group) is 1. The molecule has 0 bridgehead atoms. The summed E-state index contributed by atoms with van der Waals surface area (Å²) in [4.78, 5) is 11.7. The highest BCUT2D eigenvalue weighted by atomic mass is 35.5. The van der Waals surface area contributed by atoms with Gasteiger partial charge in [0.25, 0.3) is 0 Å². The van der Waals surface area contributed by atoms with Crippen LogP contribution in [-0.4, -0.2) is 32.2 Å². The topological polar surface area (TPSA) is 66.5 Å². The Kier molecular flexibility index (Phi) is 5.93. The molecule has 8 heteroatoms. The van der Waals surface area contributed by atoms with E-state index in [9.17, 15) is 17.6 Å². The van der Waals surface area contributed by atoms with Gasteiger partial charge in [-0.1, -0.05) is 29.8 Å². The number of halogens is 2. The molecule has 128 valence electrons. The van der Waals surface area contributed by atoms with Gasteiger partial charge in [0.2, 0.25) is 15.9 Å². The molecule has 0 atom stereocenters. The summed E-state index contributed by atoms with van der Waals surface area (Å²) in [5.41, 5.74) is 0.180. The van der Waals surface area contributed by atoms with Crippen molar-refractivity contribution in [3.63, 3.8) is 0 Å². The Labute approximate surface area is 145 Å². The fraction of sp³-hybridized carbons (Fsp3) is 0.188. The third-order valence-electron chi connectivity index (χ3n) is 3.35. The first-order valence-corrected chi connectivity index (χ1v) is 8.86. The van der Waals surface area contributed by atoms with Gasteiger partial charge in [0.1, 0.15) is 5.82 Å². The number of hydrogen-bond donors (Lipinski definition) is 1. The van der Waals surface area contributed by atoms with Crippen molar-refractivity contribution in [2.45, 2.75) is 11.4 Å². The van der Waals surface area contributed by atoms with E-state index >= 15 is 0 Å². The first-order valence-electron chi connectivity index (χ1n) is 7.04. The van der Waals surface area contributed by atoms with E-state index in [1.807, 2.05) is 0 Å². The summed E-state index contributed by atoms with van der Waals surface area (Å²) < 4.78 is 40.4. The Bertz CT molecular complexity index is 825. The molecule has 0 aromatic heterocycles. The highest BCUT2D eigenvalue weighted by Crippen LogP contribution is 2.21. The zero-order valence-electron chi connectivity index (χ0n) is 12.9. The van der Waals surface area contributed by atoms with Gasteiger partial charge in [0.05, 0.1) is 11.4 Å². The molecule has 1 amide bonds. The highest BCUT2D eigenvalue weighted by Gasteiger charge is 2.27. The number of nitrogens with one attached hydrogen (secondary N) is 1. The Morgan fingerprint density at radius 2 is 1.79 bits per heavy atom. The van der Waals surface area contributed by atoms with Crippen molar-refractivity contribution in [3.8, 4) is 0 Å². The Balaban J connectivity index is 2.39. The van der Waals surface area contributed by atoms with Gasteiger partial charge in [-0.25, -0.2) is 12.8 Å². The maximum atomic E-state index is 13.9. The molecule has 0 aliphatic rings. The van der Waals surface area contributed by atoms with Crippen LogP contribution in [0.25, 0.3) is 0 Å². The van der Waals surface area contributed by atoms with Gasteiger partial charge in [-0.15, -0.1) is 0 Å². The molecule has 0 spiro atoms. The van der Waals surface area contributed by atoms with Crippen LogP contribution in [0.2, 0.25) is 5.02 Å². The number of benzene rings is 2. The number of rotatable bonds is 6. The van der Waals surface area contributed by atoms with Crippen molar-refractivity contribution in [3.05, 3.63) is 64.9 Å². The van der Waals surface area contributed by atoms with E-state index < -0.39 is 28.3 Å². The summed E-state index contributed by atoms with van der Waals surface area (Å²) in [5.74, 6) is -1.03. The molecular formula is C16H16ClFN2O3S. The molecular weight excluding hydrogens is 355 g/mol. The van der Waals surface area contributed by atoms with E-state index in [0.717, 1.165) is 4.31 Å². The SMILES string of the molecule is CNC(=O)CN(Cc1ccccc1F)S(=O)(=O)c1ccc(Cl)cc1. The van der Waals surface area contributed by atoms with Crippen LogP contribution in [0.1, 0.15) is 5.56 Å². The lowest BCUT2D eigenvalue weighted by Gasteiger charge is -2.22. The van der Waals surface area contributed by atoms with Crippen LogP contribution in [-0.2, 0) is 21.4 Å². The van der Waals surface area contributed by atoms with Crippen molar-refractivity contribution in [1.82, 2.24) is 9.62 Å². The minimum absolute atomic E-state index is 0.0212. The first-order chi connectivity index (χ1) is 11.3. The number of carbonyl (C=O) groups is 1. The second-order valence-electron chi connectivity index (χ2n) is 4.99. The summed E-state index contributed by atoms with van der Waals surface area (Å²) in [6.45, 7) is -0.680. The summed E-state index contributed by atoms with van der Waals surface area (Å²) in [6.07, 6.45) is 0. The molecule has 0 saturated carbocycles. The largest absolute Gasteiger partial charge is 0.358 e. The van der Waals surface area contributed by atoms with Crippen LogP contribution in [0.15, 0.2) is 53.4 Å². The van der Waals surface area contributed by atoms with E-state index in [2.05, 4.69) is 5.32 Å². The quantitative estimate of drug-likeness (QED) is 0.849. The van der Waals surface area contributed by atoms with Gasteiger partial charge >= 0.3 is 0 Å². The zero-order valence-corrected chi connectivity index (χ0v) is 14.4. The average molecular weight is 371 g/mol. The Hall–Kier alpha value is -1.96. The molecule has 0 fully saturated rings.